The molecule has 18 heavy (non-hydrogen) atoms. The predicted molar refractivity (Wildman–Crippen MR) is 48.5 cm³/mol. The lowest BCUT2D eigenvalue weighted by Gasteiger charge is -2.11. The van der Waals surface area contributed by atoms with Crippen LogP contribution >= 0.6 is 0 Å². The van der Waals surface area contributed by atoms with Gasteiger partial charge in [0.15, 0.2) is 5.75 Å². The van der Waals surface area contributed by atoms with Gasteiger partial charge < -0.3 is 4.74 Å². The third-order valence-electron chi connectivity index (χ3n) is 1.62. The molecule has 0 aromatic heterocycles. The van der Waals surface area contributed by atoms with Crippen molar-refractivity contribution < 1.29 is 27.2 Å². The number of azide groups is 1. The second-order valence-electron chi connectivity index (χ2n) is 2.74. The molecule has 0 saturated carbocycles. The minimum absolute atomic E-state index is 0.558. The van der Waals surface area contributed by atoms with E-state index in [1.54, 1.807) is 0 Å². The maximum atomic E-state index is 13.4. The fourth-order valence-electron chi connectivity index (χ4n) is 1.02. The third-order valence-corrected chi connectivity index (χ3v) is 1.62. The lowest BCUT2D eigenvalue weighted by Crippen LogP contribution is -2.18. The minimum Gasteiger partial charge on any atom is -0.402 e. The quantitative estimate of drug-likeness (QED) is 0.208. The Labute approximate surface area is 95.4 Å². The normalized spacial score (nSPS) is 10.7. The van der Waals surface area contributed by atoms with Gasteiger partial charge >= 0.3 is 12.0 Å². The summed E-state index contributed by atoms with van der Waals surface area (Å²) in [7, 11) is 0. The average Bonchev–Trinajstić information content (AvgIpc) is 2.21. The third kappa shape index (κ3) is 2.98. The highest BCUT2D eigenvalue weighted by Gasteiger charge is 2.35. The Morgan fingerprint density at radius 3 is 2.50 bits per heavy atom. The van der Waals surface area contributed by atoms with Crippen molar-refractivity contribution in [2.45, 2.75) is 6.36 Å². The summed E-state index contributed by atoms with van der Waals surface area (Å²) in [6.07, 6.45) is -5.28. The van der Waals surface area contributed by atoms with E-state index in [-0.39, 0.29) is 0 Å². The van der Waals surface area contributed by atoms with Crippen LogP contribution < -0.4 is 4.74 Å². The first-order valence-electron chi connectivity index (χ1n) is 4.04. The van der Waals surface area contributed by atoms with E-state index in [0.717, 1.165) is 0 Å². The van der Waals surface area contributed by atoms with Gasteiger partial charge in [0.1, 0.15) is 0 Å². The van der Waals surface area contributed by atoms with E-state index in [1.165, 1.54) is 0 Å². The van der Waals surface area contributed by atoms with Gasteiger partial charge in [0.05, 0.1) is 10.6 Å². The number of alkyl halides is 3. The SMILES string of the molecule is [N-]=[N+]=Nc1ccc([N+](=O)[O-])c(F)c1OC(F)(F)F. The van der Waals surface area contributed by atoms with Gasteiger partial charge in [0, 0.05) is 11.0 Å². The monoisotopic (exact) mass is 266 g/mol. The van der Waals surface area contributed by atoms with Gasteiger partial charge in [-0.2, -0.15) is 4.39 Å². The molecule has 0 N–H and O–H groups in total. The molecule has 0 spiro atoms. The van der Waals surface area contributed by atoms with E-state index in [0.29, 0.717) is 12.1 Å². The zero-order valence-electron chi connectivity index (χ0n) is 8.18. The van der Waals surface area contributed by atoms with Gasteiger partial charge in [0.25, 0.3) is 0 Å². The zero-order valence-corrected chi connectivity index (χ0v) is 8.18. The molecule has 11 heteroatoms. The molecule has 0 fully saturated rings. The summed E-state index contributed by atoms with van der Waals surface area (Å²) in [5.74, 6) is -3.42. The van der Waals surface area contributed by atoms with Crippen LogP contribution in [0.3, 0.4) is 0 Å². The van der Waals surface area contributed by atoms with E-state index in [1.807, 2.05) is 0 Å². The first-order chi connectivity index (χ1) is 8.26. The highest BCUT2D eigenvalue weighted by molar-refractivity contribution is 5.58. The topological polar surface area (TPSA) is 101 Å². The number of hydrogen-bond acceptors (Lipinski definition) is 4. The molecule has 0 aliphatic rings. The van der Waals surface area contributed by atoms with Crippen LogP contribution in [0.15, 0.2) is 17.2 Å². The second kappa shape index (κ2) is 4.75. The van der Waals surface area contributed by atoms with Gasteiger partial charge in [-0.25, -0.2) is 0 Å². The summed E-state index contributed by atoms with van der Waals surface area (Å²) in [5, 5.41) is 13.1. The molecule has 7 nitrogen and oxygen atoms in total. The van der Waals surface area contributed by atoms with Crippen molar-refractivity contribution in [3.63, 3.8) is 0 Å². The van der Waals surface area contributed by atoms with Crippen molar-refractivity contribution in [3.05, 3.63) is 38.5 Å². The molecule has 1 aromatic rings. The van der Waals surface area contributed by atoms with E-state index in [9.17, 15) is 27.7 Å². The van der Waals surface area contributed by atoms with Crippen molar-refractivity contribution in [3.8, 4) is 5.75 Å². The Morgan fingerprint density at radius 1 is 1.44 bits per heavy atom. The van der Waals surface area contributed by atoms with Crippen LogP contribution in [-0.4, -0.2) is 11.3 Å². The molecule has 0 saturated heterocycles. The van der Waals surface area contributed by atoms with Crippen LogP contribution in [0, 0.1) is 15.9 Å². The molecule has 1 aromatic carbocycles. The molecule has 0 heterocycles. The number of rotatable bonds is 3. The number of nitro benzene ring substituents is 1. The van der Waals surface area contributed by atoms with Crippen molar-refractivity contribution in [1.82, 2.24) is 0 Å². The maximum Gasteiger partial charge on any atom is 0.573 e. The molecule has 0 bridgehead atoms. The summed E-state index contributed by atoms with van der Waals surface area (Å²) in [4.78, 5) is 11.2. The second-order valence-corrected chi connectivity index (χ2v) is 2.74. The Morgan fingerprint density at radius 2 is 2.06 bits per heavy atom. The van der Waals surface area contributed by atoms with Crippen LogP contribution in [0.5, 0.6) is 5.75 Å². The summed E-state index contributed by atoms with van der Waals surface area (Å²) >= 11 is 0. The predicted octanol–water partition coefficient (Wildman–Crippen LogP) is 3.57. The van der Waals surface area contributed by atoms with Crippen LogP contribution in [0.1, 0.15) is 0 Å². The summed E-state index contributed by atoms with van der Waals surface area (Å²) in [5.41, 5.74) is 6.00. The van der Waals surface area contributed by atoms with Crippen LogP contribution in [0.4, 0.5) is 28.9 Å². The van der Waals surface area contributed by atoms with Gasteiger partial charge in [-0.05, 0) is 11.6 Å². The van der Waals surface area contributed by atoms with Crippen molar-refractivity contribution in [1.29, 1.82) is 0 Å². The van der Waals surface area contributed by atoms with Gasteiger partial charge in [-0.1, -0.05) is 5.11 Å². The Hall–Kier alpha value is -2.55. The zero-order chi connectivity index (χ0) is 13.9. The smallest absolute Gasteiger partial charge is 0.402 e. The minimum atomic E-state index is -5.28. The largest absolute Gasteiger partial charge is 0.573 e. The lowest BCUT2D eigenvalue weighted by atomic mass is 10.2. The van der Waals surface area contributed by atoms with E-state index in [4.69, 9.17) is 5.53 Å². The van der Waals surface area contributed by atoms with E-state index >= 15 is 0 Å². The van der Waals surface area contributed by atoms with E-state index in [2.05, 4.69) is 14.8 Å². The molecule has 1 rings (SSSR count). The number of nitrogens with zero attached hydrogens (tertiary/aromatic N) is 4. The fraction of sp³-hybridized carbons (Fsp3) is 0.143. The maximum absolute atomic E-state index is 13.4. The first kappa shape index (κ1) is 13.5. The molecule has 0 radical (unpaired) electrons. The Balaban J connectivity index is 3.45. The van der Waals surface area contributed by atoms with Gasteiger partial charge in [-0.3, -0.25) is 10.1 Å². The average molecular weight is 266 g/mol. The summed E-state index contributed by atoms with van der Waals surface area (Å²) < 4.78 is 52.6. The van der Waals surface area contributed by atoms with Crippen LogP contribution in [-0.2, 0) is 0 Å². The summed E-state index contributed by atoms with van der Waals surface area (Å²) in [6, 6.07) is 1.20. The molecule has 0 aliphatic heterocycles. The molecule has 0 atom stereocenters. The van der Waals surface area contributed by atoms with E-state index < -0.39 is 34.2 Å². The molecular weight excluding hydrogens is 264 g/mol. The fourth-order valence-corrected chi connectivity index (χ4v) is 1.02. The highest BCUT2D eigenvalue weighted by Crippen LogP contribution is 2.39. The Kier molecular flexibility index (Phi) is 3.57. The lowest BCUT2D eigenvalue weighted by molar-refractivity contribution is -0.387. The summed E-state index contributed by atoms with van der Waals surface area (Å²) in [6.45, 7) is 0. The first-order valence-corrected chi connectivity index (χ1v) is 4.04. The number of nitro groups is 1. The molecule has 96 valence electrons. The number of benzene rings is 1. The number of hydrogen-bond donors (Lipinski definition) is 0. The highest BCUT2D eigenvalue weighted by atomic mass is 19.4. The van der Waals surface area contributed by atoms with Gasteiger partial charge in [0.2, 0.25) is 5.82 Å². The number of ether oxygens (including phenoxy) is 1. The standard InChI is InChI=1S/C7H2F4N4O3/c8-5-4(15(16)17)2-1-3(13-14-12)6(5)18-7(9,10)11/h1-2H. The Bertz CT molecular complexity index is 538. The van der Waals surface area contributed by atoms with Crippen molar-refractivity contribution >= 4 is 11.4 Å². The molecule has 0 aliphatic carbocycles. The van der Waals surface area contributed by atoms with Crippen LogP contribution in [0.25, 0.3) is 10.4 Å². The van der Waals surface area contributed by atoms with Crippen molar-refractivity contribution in [2.24, 2.45) is 5.11 Å². The molecule has 0 unspecified atom stereocenters. The molecule has 0 amide bonds. The van der Waals surface area contributed by atoms with Gasteiger partial charge in [-0.15, -0.1) is 13.2 Å². The number of halogens is 4. The molecular formula is C7H2F4N4O3. The van der Waals surface area contributed by atoms with Crippen LogP contribution in [0.2, 0.25) is 0 Å². The van der Waals surface area contributed by atoms with Crippen molar-refractivity contribution in [2.75, 3.05) is 0 Å².